The van der Waals surface area contributed by atoms with E-state index in [4.69, 9.17) is 9.26 Å². The SMILES string of the molecule is COc1cc(/C=N/NC(=O)c2cc(C)on2)ccc1O. The van der Waals surface area contributed by atoms with E-state index in [1.54, 1.807) is 19.1 Å². The van der Waals surface area contributed by atoms with Crippen LogP contribution in [0.25, 0.3) is 0 Å². The number of aromatic hydroxyl groups is 1. The predicted molar refractivity (Wildman–Crippen MR) is 71.0 cm³/mol. The predicted octanol–water partition coefficient (Wildman–Crippen LogP) is 1.46. The average Bonchev–Trinajstić information content (AvgIpc) is 2.87. The number of benzene rings is 1. The summed E-state index contributed by atoms with van der Waals surface area (Å²) in [6.07, 6.45) is 1.42. The highest BCUT2D eigenvalue weighted by atomic mass is 16.5. The first-order valence-electron chi connectivity index (χ1n) is 5.74. The molecule has 2 aromatic rings. The van der Waals surface area contributed by atoms with Crippen LogP contribution in [0.1, 0.15) is 21.8 Å². The van der Waals surface area contributed by atoms with Crippen molar-refractivity contribution in [1.29, 1.82) is 0 Å². The molecule has 1 amide bonds. The van der Waals surface area contributed by atoms with Crippen LogP contribution in [-0.4, -0.2) is 29.5 Å². The lowest BCUT2D eigenvalue weighted by Crippen LogP contribution is -2.17. The number of carbonyl (C=O) groups is 1. The molecule has 1 aromatic heterocycles. The number of methoxy groups -OCH3 is 1. The number of carbonyl (C=O) groups excluding carboxylic acids is 1. The topological polar surface area (TPSA) is 97.0 Å². The van der Waals surface area contributed by atoms with Crippen molar-refractivity contribution in [3.05, 3.63) is 41.3 Å². The minimum absolute atomic E-state index is 0.0340. The number of aromatic nitrogens is 1. The van der Waals surface area contributed by atoms with Crippen LogP contribution in [0.2, 0.25) is 0 Å². The quantitative estimate of drug-likeness (QED) is 0.650. The second-order valence-corrected chi connectivity index (χ2v) is 3.95. The lowest BCUT2D eigenvalue weighted by molar-refractivity contribution is 0.0946. The summed E-state index contributed by atoms with van der Waals surface area (Å²) in [5, 5.41) is 16.8. The minimum Gasteiger partial charge on any atom is -0.504 e. The summed E-state index contributed by atoms with van der Waals surface area (Å²) >= 11 is 0. The Labute approximate surface area is 114 Å². The molecule has 0 spiro atoms. The van der Waals surface area contributed by atoms with E-state index in [-0.39, 0.29) is 11.4 Å². The Balaban J connectivity index is 2.01. The molecule has 0 aliphatic rings. The molecule has 1 aromatic carbocycles. The van der Waals surface area contributed by atoms with Crippen LogP contribution in [0, 0.1) is 6.92 Å². The number of hydrogen-bond acceptors (Lipinski definition) is 6. The summed E-state index contributed by atoms with van der Waals surface area (Å²) in [4.78, 5) is 11.6. The number of rotatable bonds is 4. The molecule has 0 aliphatic heterocycles. The lowest BCUT2D eigenvalue weighted by atomic mass is 10.2. The van der Waals surface area contributed by atoms with Crippen molar-refractivity contribution in [3.63, 3.8) is 0 Å². The summed E-state index contributed by atoms with van der Waals surface area (Å²) in [7, 11) is 1.45. The average molecular weight is 275 g/mol. The molecule has 0 fully saturated rings. The summed E-state index contributed by atoms with van der Waals surface area (Å²) < 4.78 is 9.75. The third-order valence-electron chi connectivity index (χ3n) is 2.44. The smallest absolute Gasteiger partial charge is 0.293 e. The fourth-order valence-corrected chi connectivity index (χ4v) is 1.47. The van der Waals surface area contributed by atoms with Crippen LogP contribution in [0.3, 0.4) is 0 Å². The van der Waals surface area contributed by atoms with Crippen LogP contribution < -0.4 is 10.2 Å². The van der Waals surface area contributed by atoms with Gasteiger partial charge in [-0.3, -0.25) is 4.79 Å². The zero-order chi connectivity index (χ0) is 14.5. The summed E-state index contributed by atoms with van der Waals surface area (Å²) in [6.45, 7) is 1.69. The third kappa shape index (κ3) is 3.14. The molecule has 0 saturated carbocycles. The van der Waals surface area contributed by atoms with Gasteiger partial charge in [-0.2, -0.15) is 5.10 Å². The number of hydrazone groups is 1. The first-order chi connectivity index (χ1) is 9.60. The fraction of sp³-hybridized carbons (Fsp3) is 0.154. The van der Waals surface area contributed by atoms with Crippen LogP contribution in [-0.2, 0) is 0 Å². The van der Waals surface area contributed by atoms with Gasteiger partial charge in [0.25, 0.3) is 5.91 Å². The molecular weight excluding hydrogens is 262 g/mol. The van der Waals surface area contributed by atoms with Gasteiger partial charge in [0.1, 0.15) is 5.76 Å². The Bertz CT molecular complexity index is 649. The lowest BCUT2D eigenvalue weighted by Gasteiger charge is -2.03. The summed E-state index contributed by atoms with van der Waals surface area (Å²) in [5.74, 6) is 0.436. The Hall–Kier alpha value is -2.83. The first-order valence-corrected chi connectivity index (χ1v) is 5.74. The molecule has 0 bridgehead atoms. The van der Waals surface area contributed by atoms with Crippen molar-refractivity contribution >= 4 is 12.1 Å². The van der Waals surface area contributed by atoms with Gasteiger partial charge in [-0.1, -0.05) is 5.16 Å². The molecule has 0 saturated heterocycles. The highest BCUT2D eigenvalue weighted by Crippen LogP contribution is 2.25. The fourth-order valence-electron chi connectivity index (χ4n) is 1.47. The molecule has 0 atom stereocenters. The Kier molecular flexibility index (Phi) is 3.99. The Morgan fingerprint density at radius 3 is 2.95 bits per heavy atom. The van der Waals surface area contributed by atoms with Crippen LogP contribution in [0.5, 0.6) is 11.5 Å². The van der Waals surface area contributed by atoms with Gasteiger partial charge in [0.2, 0.25) is 0 Å². The molecule has 2 rings (SSSR count). The zero-order valence-electron chi connectivity index (χ0n) is 11.0. The van der Waals surface area contributed by atoms with Gasteiger partial charge in [0.15, 0.2) is 17.2 Å². The maximum Gasteiger partial charge on any atom is 0.293 e. The molecule has 2 N–H and O–H groups in total. The van der Waals surface area contributed by atoms with Gasteiger partial charge >= 0.3 is 0 Å². The van der Waals surface area contributed by atoms with Gasteiger partial charge in [-0.15, -0.1) is 0 Å². The largest absolute Gasteiger partial charge is 0.504 e. The maximum atomic E-state index is 11.6. The van der Waals surface area contributed by atoms with Crippen molar-refractivity contribution in [3.8, 4) is 11.5 Å². The number of ether oxygens (including phenoxy) is 1. The van der Waals surface area contributed by atoms with Crippen molar-refractivity contribution in [2.24, 2.45) is 5.10 Å². The monoisotopic (exact) mass is 275 g/mol. The Morgan fingerprint density at radius 1 is 1.50 bits per heavy atom. The van der Waals surface area contributed by atoms with Crippen molar-refractivity contribution in [1.82, 2.24) is 10.6 Å². The highest BCUT2D eigenvalue weighted by molar-refractivity contribution is 5.93. The van der Waals surface area contributed by atoms with E-state index in [1.807, 2.05) is 0 Å². The maximum absolute atomic E-state index is 11.6. The minimum atomic E-state index is -0.469. The van der Waals surface area contributed by atoms with E-state index in [0.29, 0.717) is 17.1 Å². The van der Waals surface area contributed by atoms with Crippen molar-refractivity contribution < 1.29 is 19.2 Å². The second-order valence-electron chi connectivity index (χ2n) is 3.95. The van der Waals surface area contributed by atoms with Gasteiger partial charge in [0.05, 0.1) is 13.3 Å². The van der Waals surface area contributed by atoms with Crippen LogP contribution >= 0.6 is 0 Å². The van der Waals surface area contributed by atoms with Gasteiger partial charge < -0.3 is 14.4 Å². The second kappa shape index (κ2) is 5.87. The van der Waals surface area contributed by atoms with E-state index >= 15 is 0 Å². The van der Waals surface area contributed by atoms with E-state index in [2.05, 4.69) is 15.7 Å². The van der Waals surface area contributed by atoms with E-state index < -0.39 is 5.91 Å². The third-order valence-corrected chi connectivity index (χ3v) is 2.44. The van der Waals surface area contributed by atoms with Crippen molar-refractivity contribution in [2.45, 2.75) is 6.92 Å². The molecule has 0 radical (unpaired) electrons. The number of phenolic OH excluding ortho intramolecular Hbond substituents is 1. The summed E-state index contributed by atoms with van der Waals surface area (Å²) in [6, 6.07) is 6.20. The standard InChI is InChI=1S/C13H13N3O4/c1-8-5-10(16-20-8)13(18)15-14-7-9-3-4-11(17)12(6-9)19-2/h3-7,17H,1-2H3,(H,15,18)/b14-7+. The zero-order valence-corrected chi connectivity index (χ0v) is 11.0. The molecule has 20 heavy (non-hydrogen) atoms. The number of nitrogens with one attached hydrogen (secondary N) is 1. The van der Waals surface area contributed by atoms with E-state index in [0.717, 1.165) is 0 Å². The Morgan fingerprint density at radius 2 is 2.30 bits per heavy atom. The number of amides is 1. The number of aryl methyl sites for hydroxylation is 1. The van der Waals surface area contributed by atoms with Gasteiger partial charge in [0, 0.05) is 6.07 Å². The van der Waals surface area contributed by atoms with Gasteiger partial charge in [-0.05, 0) is 30.7 Å². The van der Waals surface area contributed by atoms with E-state index in [9.17, 15) is 9.90 Å². The molecular formula is C13H13N3O4. The van der Waals surface area contributed by atoms with Crippen LogP contribution in [0.15, 0.2) is 33.9 Å². The van der Waals surface area contributed by atoms with Crippen LogP contribution in [0.4, 0.5) is 0 Å². The first kappa shape index (κ1) is 13.6. The summed E-state index contributed by atoms with van der Waals surface area (Å²) in [5.41, 5.74) is 3.14. The van der Waals surface area contributed by atoms with Crippen molar-refractivity contribution in [2.75, 3.05) is 7.11 Å². The number of nitrogens with zero attached hydrogens (tertiary/aromatic N) is 2. The molecule has 7 heteroatoms. The molecule has 7 nitrogen and oxygen atoms in total. The normalized spacial score (nSPS) is 10.7. The van der Waals surface area contributed by atoms with Gasteiger partial charge in [-0.25, -0.2) is 5.43 Å². The highest BCUT2D eigenvalue weighted by Gasteiger charge is 2.09. The molecule has 0 unspecified atom stereocenters. The van der Waals surface area contributed by atoms with E-state index in [1.165, 1.54) is 25.5 Å². The molecule has 0 aliphatic carbocycles. The number of phenols is 1. The molecule has 1 heterocycles. The number of hydrogen-bond donors (Lipinski definition) is 2. The molecule has 104 valence electrons.